The predicted octanol–water partition coefficient (Wildman–Crippen LogP) is 4.05. The maximum Gasteiger partial charge on any atom is 0.230 e. The van der Waals surface area contributed by atoms with E-state index in [1.165, 1.54) is 23.5 Å². The number of nitrogens with zero attached hydrogens (tertiary/aromatic N) is 1. The molecule has 0 saturated carbocycles. The highest BCUT2D eigenvalue weighted by Crippen LogP contribution is 2.18. The molecule has 0 aliphatic heterocycles. The minimum Gasteiger partial charge on any atom is -0.497 e. The molecule has 134 valence electrons. The molecule has 0 aliphatic rings. The van der Waals surface area contributed by atoms with Crippen molar-refractivity contribution in [1.82, 2.24) is 4.98 Å². The third-order valence-electron chi connectivity index (χ3n) is 3.49. The van der Waals surface area contributed by atoms with Crippen molar-refractivity contribution < 1.29 is 18.7 Å². The molecule has 0 spiro atoms. The molecule has 3 rings (SSSR count). The molecular formula is C19H17FN2O3S. The Bertz CT molecular complexity index is 863. The molecule has 0 unspecified atom stereocenters. The fourth-order valence-corrected chi connectivity index (χ4v) is 2.92. The van der Waals surface area contributed by atoms with Crippen molar-refractivity contribution in [3.63, 3.8) is 0 Å². The van der Waals surface area contributed by atoms with E-state index in [1.807, 2.05) is 5.38 Å². The summed E-state index contributed by atoms with van der Waals surface area (Å²) in [5, 5.41) is 5.40. The lowest BCUT2D eigenvalue weighted by Crippen LogP contribution is -2.14. The van der Waals surface area contributed by atoms with Crippen LogP contribution < -0.4 is 14.8 Å². The third kappa shape index (κ3) is 5.03. The van der Waals surface area contributed by atoms with E-state index in [9.17, 15) is 9.18 Å². The van der Waals surface area contributed by atoms with Crippen molar-refractivity contribution in [1.29, 1.82) is 0 Å². The standard InChI is InChI=1S/C19H17FN2O3S/c1-24-16-8-4-14(5-9-16)21-18(23)10-15-12-26-19(22-15)11-25-17-6-2-13(20)3-7-17/h2-9,12H,10-11H2,1H3,(H,21,23). The normalized spacial score (nSPS) is 10.4. The first-order valence-electron chi connectivity index (χ1n) is 7.88. The van der Waals surface area contributed by atoms with Crippen molar-refractivity contribution in [3.05, 3.63) is 70.4 Å². The van der Waals surface area contributed by atoms with Crippen LogP contribution in [0, 0.1) is 5.82 Å². The third-order valence-corrected chi connectivity index (χ3v) is 4.36. The molecule has 26 heavy (non-hydrogen) atoms. The van der Waals surface area contributed by atoms with Gasteiger partial charge in [-0.1, -0.05) is 0 Å². The smallest absolute Gasteiger partial charge is 0.230 e. The number of amides is 1. The number of anilines is 1. The molecule has 0 aliphatic carbocycles. The summed E-state index contributed by atoms with van der Waals surface area (Å²) in [7, 11) is 1.59. The Morgan fingerprint density at radius 3 is 2.50 bits per heavy atom. The quantitative estimate of drug-likeness (QED) is 0.680. The van der Waals surface area contributed by atoms with Crippen LogP contribution in [0.5, 0.6) is 11.5 Å². The molecule has 3 aromatic rings. The van der Waals surface area contributed by atoms with Crippen LogP contribution in [0.15, 0.2) is 53.9 Å². The molecule has 1 amide bonds. The second-order valence-corrected chi connectivity index (χ2v) is 6.37. The summed E-state index contributed by atoms with van der Waals surface area (Å²) in [5.74, 6) is 0.844. The second kappa shape index (κ2) is 8.44. The number of nitrogens with one attached hydrogen (secondary N) is 1. The summed E-state index contributed by atoms with van der Waals surface area (Å²) in [6, 6.07) is 12.9. The van der Waals surface area contributed by atoms with E-state index in [-0.39, 0.29) is 24.8 Å². The van der Waals surface area contributed by atoms with Crippen molar-refractivity contribution in [3.8, 4) is 11.5 Å². The fraction of sp³-hybridized carbons (Fsp3) is 0.158. The number of halogens is 1. The van der Waals surface area contributed by atoms with Crippen molar-refractivity contribution in [2.75, 3.05) is 12.4 Å². The molecular weight excluding hydrogens is 355 g/mol. The van der Waals surface area contributed by atoms with Crippen LogP contribution in [0.2, 0.25) is 0 Å². The first kappa shape index (κ1) is 17.9. The molecule has 0 fully saturated rings. The summed E-state index contributed by atoms with van der Waals surface area (Å²) in [4.78, 5) is 16.5. The number of hydrogen-bond donors (Lipinski definition) is 1. The van der Waals surface area contributed by atoms with Crippen LogP contribution in [-0.2, 0) is 17.8 Å². The van der Waals surface area contributed by atoms with E-state index in [1.54, 1.807) is 43.5 Å². The topological polar surface area (TPSA) is 60.5 Å². The molecule has 0 radical (unpaired) electrons. The van der Waals surface area contributed by atoms with Gasteiger partial charge >= 0.3 is 0 Å². The van der Waals surface area contributed by atoms with Gasteiger partial charge < -0.3 is 14.8 Å². The summed E-state index contributed by atoms with van der Waals surface area (Å²) in [6.45, 7) is 0.274. The maximum absolute atomic E-state index is 12.9. The van der Waals surface area contributed by atoms with Gasteiger partial charge in [-0.2, -0.15) is 0 Å². The minimum atomic E-state index is -0.309. The maximum atomic E-state index is 12.9. The van der Waals surface area contributed by atoms with Gasteiger partial charge in [0.15, 0.2) is 0 Å². The summed E-state index contributed by atoms with van der Waals surface area (Å²) >= 11 is 1.42. The molecule has 0 atom stereocenters. The number of carbonyl (C=O) groups excluding carboxylic acids is 1. The van der Waals surface area contributed by atoms with Crippen LogP contribution in [0.3, 0.4) is 0 Å². The van der Waals surface area contributed by atoms with Crippen LogP contribution in [0.4, 0.5) is 10.1 Å². The zero-order chi connectivity index (χ0) is 18.4. The summed E-state index contributed by atoms with van der Waals surface area (Å²) in [5.41, 5.74) is 1.38. The number of benzene rings is 2. The molecule has 1 aromatic heterocycles. The largest absolute Gasteiger partial charge is 0.497 e. The number of hydrogen-bond acceptors (Lipinski definition) is 5. The van der Waals surface area contributed by atoms with Crippen LogP contribution in [0.1, 0.15) is 10.7 Å². The lowest BCUT2D eigenvalue weighted by molar-refractivity contribution is -0.115. The van der Waals surface area contributed by atoms with Gasteiger partial charge in [-0.3, -0.25) is 4.79 Å². The number of aromatic nitrogens is 1. The average Bonchev–Trinajstić information content (AvgIpc) is 3.09. The zero-order valence-electron chi connectivity index (χ0n) is 14.1. The van der Waals surface area contributed by atoms with Crippen molar-refractivity contribution in [2.24, 2.45) is 0 Å². The molecule has 7 heteroatoms. The van der Waals surface area contributed by atoms with E-state index in [4.69, 9.17) is 9.47 Å². The first-order chi connectivity index (χ1) is 12.6. The van der Waals surface area contributed by atoms with Crippen LogP contribution in [0.25, 0.3) is 0 Å². The van der Waals surface area contributed by atoms with Gasteiger partial charge in [-0.25, -0.2) is 9.37 Å². The van der Waals surface area contributed by atoms with Gasteiger partial charge in [0.1, 0.15) is 28.9 Å². The lowest BCUT2D eigenvalue weighted by Gasteiger charge is -2.05. The highest BCUT2D eigenvalue weighted by atomic mass is 32.1. The van der Waals surface area contributed by atoms with E-state index in [0.717, 1.165) is 10.8 Å². The fourth-order valence-electron chi connectivity index (χ4n) is 2.22. The second-order valence-electron chi connectivity index (χ2n) is 5.43. The van der Waals surface area contributed by atoms with Gasteiger partial charge in [-0.05, 0) is 48.5 Å². The Hall–Kier alpha value is -2.93. The molecule has 0 saturated heterocycles. The van der Waals surface area contributed by atoms with Crippen LogP contribution >= 0.6 is 11.3 Å². The number of carbonyl (C=O) groups is 1. The van der Waals surface area contributed by atoms with E-state index < -0.39 is 0 Å². The average molecular weight is 372 g/mol. The Kier molecular flexibility index (Phi) is 5.80. The Labute approximate surface area is 154 Å². The molecule has 1 heterocycles. The molecule has 5 nitrogen and oxygen atoms in total. The monoisotopic (exact) mass is 372 g/mol. The Balaban J connectivity index is 1.50. The number of thiazole rings is 1. The van der Waals surface area contributed by atoms with Gasteiger partial charge in [0.25, 0.3) is 0 Å². The van der Waals surface area contributed by atoms with Gasteiger partial charge in [0.05, 0.1) is 19.2 Å². The molecule has 1 N–H and O–H groups in total. The van der Waals surface area contributed by atoms with Crippen molar-refractivity contribution >= 4 is 22.9 Å². The number of methoxy groups -OCH3 is 1. The highest BCUT2D eigenvalue weighted by molar-refractivity contribution is 7.09. The summed E-state index contributed by atoms with van der Waals surface area (Å²) in [6.07, 6.45) is 0.180. The Morgan fingerprint density at radius 2 is 1.81 bits per heavy atom. The molecule has 2 aromatic carbocycles. The van der Waals surface area contributed by atoms with Gasteiger partial charge in [0.2, 0.25) is 5.91 Å². The molecule has 0 bridgehead atoms. The number of ether oxygens (including phenoxy) is 2. The van der Waals surface area contributed by atoms with Gasteiger partial charge in [0, 0.05) is 11.1 Å². The zero-order valence-corrected chi connectivity index (χ0v) is 14.9. The first-order valence-corrected chi connectivity index (χ1v) is 8.76. The Morgan fingerprint density at radius 1 is 1.12 bits per heavy atom. The van der Waals surface area contributed by atoms with E-state index in [0.29, 0.717) is 17.1 Å². The number of rotatable bonds is 7. The SMILES string of the molecule is COc1ccc(NC(=O)Cc2csc(COc3ccc(F)cc3)n2)cc1. The minimum absolute atomic E-state index is 0.147. The van der Waals surface area contributed by atoms with E-state index in [2.05, 4.69) is 10.3 Å². The van der Waals surface area contributed by atoms with Crippen LogP contribution in [-0.4, -0.2) is 18.0 Å². The van der Waals surface area contributed by atoms with Gasteiger partial charge in [-0.15, -0.1) is 11.3 Å². The predicted molar refractivity (Wildman–Crippen MR) is 98.2 cm³/mol. The lowest BCUT2D eigenvalue weighted by atomic mass is 10.2. The van der Waals surface area contributed by atoms with E-state index >= 15 is 0 Å². The summed E-state index contributed by atoms with van der Waals surface area (Å²) < 4.78 is 23.5. The highest BCUT2D eigenvalue weighted by Gasteiger charge is 2.09. The van der Waals surface area contributed by atoms with Crippen molar-refractivity contribution in [2.45, 2.75) is 13.0 Å².